The van der Waals surface area contributed by atoms with Gasteiger partial charge in [-0.25, -0.2) is 0 Å². The Morgan fingerprint density at radius 1 is 1.13 bits per heavy atom. The van der Waals surface area contributed by atoms with Crippen LogP contribution in [0.15, 0.2) is 42.5 Å². The summed E-state index contributed by atoms with van der Waals surface area (Å²) in [5.41, 5.74) is 6.73. The molecule has 1 unspecified atom stereocenters. The van der Waals surface area contributed by atoms with Gasteiger partial charge in [0.05, 0.1) is 0 Å². The van der Waals surface area contributed by atoms with E-state index in [2.05, 4.69) is 5.32 Å². The van der Waals surface area contributed by atoms with Gasteiger partial charge in [0.15, 0.2) is 11.5 Å². The van der Waals surface area contributed by atoms with Gasteiger partial charge in [-0.2, -0.15) is 0 Å². The second kappa shape index (κ2) is 9.69. The third-order valence-electron chi connectivity index (χ3n) is 4.87. The highest BCUT2D eigenvalue weighted by Crippen LogP contribution is 2.36. The molecule has 2 aliphatic heterocycles. The molecule has 2 aromatic rings. The van der Waals surface area contributed by atoms with Crippen molar-refractivity contribution in [1.82, 2.24) is 0 Å². The summed E-state index contributed by atoms with van der Waals surface area (Å²) < 4.78 is 16.5. The van der Waals surface area contributed by atoms with Crippen LogP contribution in [0.3, 0.4) is 0 Å². The predicted octanol–water partition coefficient (Wildman–Crippen LogP) is 2.21. The van der Waals surface area contributed by atoms with Crippen molar-refractivity contribution in [2.45, 2.75) is 6.42 Å². The lowest BCUT2D eigenvalue weighted by atomic mass is 10.1. The van der Waals surface area contributed by atoms with E-state index >= 15 is 0 Å². The van der Waals surface area contributed by atoms with E-state index in [0.29, 0.717) is 68.0 Å². The molecule has 1 saturated heterocycles. The Balaban J connectivity index is 0.00000256. The molecule has 160 valence electrons. The summed E-state index contributed by atoms with van der Waals surface area (Å²) in [4.78, 5) is 27.1. The number of carbonyl (C=O) groups excluding carboxylic acids is 2. The standard InChI is InChI=1S/C21H23N3O5.ClH/c22-8-10-27-16-4-1-14(2-5-16)23-20(25)17-7-9-24(21(17)26)15-3-6-18-19(13-15)29-12-11-28-18;/h1-6,13,17H,7-12,22H2,(H,23,25);1H. The molecule has 2 heterocycles. The molecule has 2 amide bonds. The van der Waals surface area contributed by atoms with Crippen molar-refractivity contribution in [3.8, 4) is 17.2 Å². The van der Waals surface area contributed by atoms with Gasteiger partial charge in [-0.05, 0) is 42.8 Å². The predicted molar refractivity (Wildman–Crippen MR) is 115 cm³/mol. The third-order valence-corrected chi connectivity index (χ3v) is 4.87. The number of halogens is 1. The summed E-state index contributed by atoms with van der Waals surface area (Å²) in [6.07, 6.45) is 0.455. The van der Waals surface area contributed by atoms with Gasteiger partial charge in [-0.15, -0.1) is 12.4 Å². The molecule has 0 bridgehead atoms. The fraction of sp³-hybridized carbons (Fsp3) is 0.333. The number of anilines is 2. The SMILES string of the molecule is Cl.NCCOc1ccc(NC(=O)C2CCN(c3ccc4c(c3)OCCO4)C2=O)cc1. The Hall–Kier alpha value is -2.97. The van der Waals surface area contributed by atoms with Gasteiger partial charge in [0.2, 0.25) is 11.8 Å². The summed E-state index contributed by atoms with van der Waals surface area (Å²) in [5, 5.41) is 2.81. The van der Waals surface area contributed by atoms with E-state index in [9.17, 15) is 9.59 Å². The van der Waals surface area contributed by atoms with Crippen LogP contribution in [0.5, 0.6) is 17.2 Å². The van der Waals surface area contributed by atoms with E-state index in [4.69, 9.17) is 19.9 Å². The first-order valence-electron chi connectivity index (χ1n) is 9.60. The Labute approximate surface area is 180 Å². The van der Waals surface area contributed by atoms with E-state index < -0.39 is 5.92 Å². The number of fused-ring (bicyclic) bond motifs is 1. The molecule has 1 fully saturated rings. The van der Waals surface area contributed by atoms with Crippen LogP contribution in [-0.2, 0) is 9.59 Å². The van der Waals surface area contributed by atoms with E-state index in [1.54, 1.807) is 41.3 Å². The molecule has 0 saturated carbocycles. The molecule has 0 aromatic heterocycles. The van der Waals surface area contributed by atoms with Gasteiger partial charge in [-0.3, -0.25) is 9.59 Å². The average molecular weight is 434 g/mol. The molecule has 0 radical (unpaired) electrons. The van der Waals surface area contributed by atoms with Gasteiger partial charge < -0.3 is 30.2 Å². The second-order valence-corrected chi connectivity index (χ2v) is 6.81. The van der Waals surface area contributed by atoms with E-state index in [-0.39, 0.29) is 24.2 Å². The molecule has 0 spiro atoms. The summed E-state index contributed by atoms with van der Waals surface area (Å²) >= 11 is 0. The third kappa shape index (κ3) is 4.60. The van der Waals surface area contributed by atoms with E-state index in [0.717, 1.165) is 0 Å². The zero-order valence-corrected chi connectivity index (χ0v) is 17.2. The van der Waals surface area contributed by atoms with Crippen LogP contribution in [-0.4, -0.2) is 44.7 Å². The molecular formula is C21H24ClN3O5. The fourth-order valence-electron chi connectivity index (χ4n) is 3.42. The largest absolute Gasteiger partial charge is 0.492 e. The zero-order chi connectivity index (χ0) is 20.2. The smallest absolute Gasteiger partial charge is 0.239 e. The van der Waals surface area contributed by atoms with Gasteiger partial charge in [0.25, 0.3) is 0 Å². The Morgan fingerprint density at radius 3 is 2.60 bits per heavy atom. The van der Waals surface area contributed by atoms with Crippen molar-refractivity contribution in [2.24, 2.45) is 11.7 Å². The van der Waals surface area contributed by atoms with Crippen molar-refractivity contribution in [3.05, 3.63) is 42.5 Å². The Bertz CT molecular complexity index is 906. The first-order valence-corrected chi connectivity index (χ1v) is 9.60. The van der Waals surface area contributed by atoms with Crippen LogP contribution in [0.4, 0.5) is 11.4 Å². The first-order chi connectivity index (χ1) is 14.2. The first kappa shape index (κ1) is 21.7. The number of carbonyl (C=O) groups is 2. The maximum absolute atomic E-state index is 12.8. The van der Waals surface area contributed by atoms with Crippen LogP contribution >= 0.6 is 12.4 Å². The number of hydrogen-bond acceptors (Lipinski definition) is 6. The molecule has 4 rings (SSSR count). The van der Waals surface area contributed by atoms with E-state index in [1.165, 1.54) is 0 Å². The molecule has 0 aliphatic carbocycles. The quantitative estimate of drug-likeness (QED) is 0.677. The highest BCUT2D eigenvalue weighted by atomic mass is 35.5. The summed E-state index contributed by atoms with van der Waals surface area (Å²) in [5.74, 6) is 0.700. The highest BCUT2D eigenvalue weighted by molar-refractivity contribution is 6.13. The molecule has 2 aliphatic rings. The van der Waals surface area contributed by atoms with Crippen LogP contribution in [0.1, 0.15) is 6.42 Å². The minimum atomic E-state index is -0.726. The van der Waals surface area contributed by atoms with Crippen molar-refractivity contribution >= 4 is 35.6 Å². The molecule has 8 nitrogen and oxygen atoms in total. The lowest BCUT2D eigenvalue weighted by Gasteiger charge is -2.22. The number of hydrogen-bond donors (Lipinski definition) is 2. The second-order valence-electron chi connectivity index (χ2n) is 6.81. The molecule has 30 heavy (non-hydrogen) atoms. The molecule has 3 N–H and O–H groups in total. The maximum atomic E-state index is 12.8. The lowest BCUT2D eigenvalue weighted by Crippen LogP contribution is -2.33. The maximum Gasteiger partial charge on any atom is 0.239 e. The van der Waals surface area contributed by atoms with Crippen LogP contribution in [0.2, 0.25) is 0 Å². The Morgan fingerprint density at radius 2 is 1.87 bits per heavy atom. The number of nitrogens with zero attached hydrogens (tertiary/aromatic N) is 1. The van der Waals surface area contributed by atoms with Gasteiger partial charge >= 0.3 is 0 Å². The Kier molecular flexibility index (Phi) is 7.02. The lowest BCUT2D eigenvalue weighted by molar-refractivity contribution is -0.129. The fourth-order valence-corrected chi connectivity index (χ4v) is 3.42. The van der Waals surface area contributed by atoms with Gasteiger partial charge in [0.1, 0.15) is 31.5 Å². The van der Waals surface area contributed by atoms with Crippen molar-refractivity contribution in [3.63, 3.8) is 0 Å². The average Bonchev–Trinajstić information content (AvgIpc) is 3.14. The number of nitrogens with two attached hydrogens (primary N) is 1. The van der Waals surface area contributed by atoms with Crippen molar-refractivity contribution < 1.29 is 23.8 Å². The molecule has 9 heteroatoms. The normalized spacial score (nSPS) is 17.3. The number of benzene rings is 2. The summed E-state index contributed by atoms with van der Waals surface area (Å²) in [6.45, 7) is 2.32. The van der Waals surface area contributed by atoms with Crippen molar-refractivity contribution in [1.29, 1.82) is 0 Å². The van der Waals surface area contributed by atoms with Crippen LogP contribution in [0.25, 0.3) is 0 Å². The summed E-state index contributed by atoms with van der Waals surface area (Å²) in [6, 6.07) is 12.4. The minimum Gasteiger partial charge on any atom is -0.492 e. The van der Waals surface area contributed by atoms with Gasteiger partial charge in [0, 0.05) is 30.5 Å². The number of rotatable bonds is 6. The van der Waals surface area contributed by atoms with E-state index in [1.807, 2.05) is 6.07 Å². The monoisotopic (exact) mass is 433 g/mol. The molecule has 2 aromatic carbocycles. The van der Waals surface area contributed by atoms with Crippen LogP contribution in [0, 0.1) is 5.92 Å². The number of amides is 2. The number of ether oxygens (including phenoxy) is 3. The van der Waals surface area contributed by atoms with Crippen molar-refractivity contribution in [2.75, 3.05) is 43.1 Å². The topological polar surface area (TPSA) is 103 Å². The van der Waals surface area contributed by atoms with Crippen LogP contribution < -0.4 is 30.2 Å². The molecular weight excluding hydrogens is 410 g/mol. The minimum absolute atomic E-state index is 0. The number of nitrogens with one attached hydrogen (secondary N) is 1. The zero-order valence-electron chi connectivity index (χ0n) is 16.3. The summed E-state index contributed by atoms with van der Waals surface area (Å²) in [7, 11) is 0. The molecule has 1 atom stereocenters. The van der Waals surface area contributed by atoms with Gasteiger partial charge in [-0.1, -0.05) is 0 Å². The highest BCUT2D eigenvalue weighted by Gasteiger charge is 2.38.